The Kier molecular flexibility index (Phi) is 6.31. The van der Waals surface area contributed by atoms with E-state index in [0.29, 0.717) is 22.6 Å². The number of nitrogens with one attached hydrogen (secondary N) is 1. The van der Waals surface area contributed by atoms with Gasteiger partial charge in [0.25, 0.3) is 0 Å². The Labute approximate surface area is 191 Å². The smallest absolute Gasteiger partial charge is 0.338 e. The standard InChI is InChI=1S/C26H23N3O4/c1-2-33-26(32)18-10-13-20-21(15-18)29-25(31)23(20)24(17-6-4-3-5-7-17)28-19-11-8-16(9-12-19)14-22(27)30/h3-13,15,23H,2,14H2,1H3,(H2,27,30)(H,29,31). The lowest BCUT2D eigenvalue weighted by molar-refractivity contribution is -0.117. The number of primary amides is 1. The summed E-state index contributed by atoms with van der Waals surface area (Å²) in [7, 11) is 0. The van der Waals surface area contributed by atoms with Crippen LogP contribution in [0, 0.1) is 0 Å². The van der Waals surface area contributed by atoms with E-state index in [-0.39, 0.29) is 18.9 Å². The van der Waals surface area contributed by atoms with Crippen LogP contribution in [0.25, 0.3) is 0 Å². The van der Waals surface area contributed by atoms with E-state index in [1.807, 2.05) is 30.3 Å². The van der Waals surface area contributed by atoms with Crippen LogP contribution in [0.2, 0.25) is 0 Å². The van der Waals surface area contributed by atoms with Crippen molar-refractivity contribution < 1.29 is 19.1 Å². The molecule has 3 aromatic rings. The first-order valence-electron chi connectivity index (χ1n) is 10.6. The largest absolute Gasteiger partial charge is 0.462 e. The molecule has 1 heterocycles. The Balaban J connectivity index is 1.75. The second-order valence-electron chi connectivity index (χ2n) is 7.62. The minimum Gasteiger partial charge on any atom is -0.462 e. The topological polar surface area (TPSA) is 111 Å². The van der Waals surface area contributed by atoms with E-state index in [9.17, 15) is 14.4 Å². The molecule has 3 aromatic carbocycles. The lowest BCUT2D eigenvalue weighted by Gasteiger charge is -2.14. The van der Waals surface area contributed by atoms with Gasteiger partial charge in [-0.25, -0.2) is 4.79 Å². The predicted molar refractivity (Wildman–Crippen MR) is 126 cm³/mol. The zero-order valence-corrected chi connectivity index (χ0v) is 18.1. The van der Waals surface area contributed by atoms with E-state index >= 15 is 0 Å². The van der Waals surface area contributed by atoms with E-state index in [2.05, 4.69) is 5.32 Å². The number of carbonyl (C=O) groups is 3. The van der Waals surface area contributed by atoms with Crippen LogP contribution in [0.15, 0.2) is 77.8 Å². The van der Waals surface area contributed by atoms with Gasteiger partial charge in [-0.05, 0) is 47.9 Å². The van der Waals surface area contributed by atoms with Gasteiger partial charge in [-0.3, -0.25) is 14.6 Å². The summed E-state index contributed by atoms with van der Waals surface area (Å²) in [5.74, 6) is -1.72. The number of ether oxygens (including phenoxy) is 1. The number of hydrogen-bond donors (Lipinski definition) is 2. The summed E-state index contributed by atoms with van der Waals surface area (Å²) in [6, 6.07) is 21.7. The molecule has 0 fully saturated rings. The molecule has 0 radical (unpaired) electrons. The molecule has 0 aromatic heterocycles. The van der Waals surface area contributed by atoms with Gasteiger partial charge in [0, 0.05) is 5.69 Å². The average Bonchev–Trinajstić information content (AvgIpc) is 3.13. The summed E-state index contributed by atoms with van der Waals surface area (Å²) in [5, 5.41) is 2.87. The fourth-order valence-corrected chi connectivity index (χ4v) is 3.81. The number of nitrogens with two attached hydrogens (primary N) is 1. The van der Waals surface area contributed by atoms with Gasteiger partial charge in [0.1, 0.15) is 5.92 Å². The number of rotatable bonds is 7. The summed E-state index contributed by atoms with van der Waals surface area (Å²) in [6.07, 6.45) is 0.150. The predicted octanol–water partition coefficient (Wildman–Crippen LogP) is 3.75. The number of carbonyl (C=O) groups excluding carboxylic acids is 3. The zero-order chi connectivity index (χ0) is 23.4. The van der Waals surface area contributed by atoms with Crippen LogP contribution in [-0.2, 0) is 20.7 Å². The van der Waals surface area contributed by atoms with Gasteiger partial charge in [-0.2, -0.15) is 0 Å². The molecule has 2 amide bonds. The van der Waals surface area contributed by atoms with E-state index in [4.69, 9.17) is 15.5 Å². The van der Waals surface area contributed by atoms with E-state index in [0.717, 1.165) is 16.7 Å². The SMILES string of the molecule is CCOC(=O)c1ccc2c(c1)NC(=O)C2C(=Nc1ccc(CC(N)=O)cc1)c1ccccc1. The van der Waals surface area contributed by atoms with Crippen molar-refractivity contribution in [1.29, 1.82) is 0 Å². The highest BCUT2D eigenvalue weighted by Gasteiger charge is 2.36. The molecule has 4 rings (SSSR count). The summed E-state index contributed by atoms with van der Waals surface area (Å²) >= 11 is 0. The van der Waals surface area contributed by atoms with Crippen molar-refractivity contribution in [3.05, 3.63) is 95.1 Å². The van der Waals surface area contributed by atoms with Crippen molar-refractivity contribution in [2.24, 2.45) is 10.7 Å². The van der Waals surface area contributed by atoms with Gasteiger partial charge >= 0.3 is 5.97 Å². The summed E-state index contributed by atoms with van der Waals surface area (Å²) in [5.41, 5.74) is 9.77. The highest BCUT2D eigenvalue weighted by molar-refractivity contribution is 6.24. The maximum absolute atomic E-state index is 13.1. The first kappa shape index (κ1) is 22.0. The van der Waals surface area contributed by atoms with Crippen molar-refractivity contribution in [2.75, 3.05) is 11.9 Å². The Morgan fingerprint density at radius 2 is 1.73 bits per heavy atom. The van der Waals surface area contributed by atoms with Crippen LogP contribution in [0.3, 0.4) is 0 Å². The molecule has 1 aliphatic rings. The number of aliphatic imine (C=N–C) groups is 1. The molecule has 0 saturated carbocycles. The number of esters is 1. The molecule has 166 valence electrons. The molecule has 0 aliphatic carbocycles. The Morgan fingerprint density at radius 1 is 1.00 bits per heavy atom. The Hall–Kier alpha value is -4.26. The number of nitrogens with zero attached hydrogens (tertiary/aromatic N) is 1. The molecule has 1 unspecified atom stereocenters. The van der Waals surface area contributed by atoms with Crippen LogP contribution in [-0.4, -0.2) is 30.1 Å². The second-order valence-corrected chi connectivity index (χ2v) is 7.62. The summed E-state index contributed by atoms with van der Waals surface area (Å²) < 4.78 is 5.07. The molecule has 33 heavy (non-hydrogen) atoms. The number of fused-ring (bicyclic) bond motifs is 1. The van der Waals surface area contributed by atoms with Crippen LogP contribution in [0.4, 0.5) is 11.4 Å². The van der Waals surface area contributed by atoms with Gasteiger partial charge in [0.15, 0.2) is 0 Å². The van der Waals surface area contributed by atoms with Crippen LogP contribution in [0.5, 0.6) is 0 Å². The zero-order valence-electron chi connectivity index (χ0n) is 18.1. The first-order valence-corrected chi connectivity index (χ1v) is 10.6. The first-order chi connectivity index (χ1) is 16.0. The Morgan fingerprint density at radius 3 is 2.39 bits per heavy atom. The van der Waals surface area contributed by atoms with Crippen LogP contribution in [0.1, 0.15) is 39.9 Å². The average molecular weight is 441 g/mol. The molecule has 0 saturated heterocycles. The van der Waals surface area contributed by atoms with E-state index in [1.54, 1.807) is 49.4 Å². The highest BCUT2D eigenvalue weighted by Crippen LogP contribution is 2.37. The molecule has 1 atom stereocenters. The molecule has 0 spiro atoms. The normalized spacial score (nSPS) is 15.0. The van der Waals surface area contributed by atoms with Gasteiger partial charge in [0.05, 0.1) is 30.0 Å². The number of amides is 2. The quantitative estimate of drug-likeness (QED) is 0.430. The number of benzene rings is 3. The third-order valence-corrected chi connectivity index (χ3v) is 5.30. The van der Waals surface area contributed by atoms with Gasteiger partial charge in [-0.1, -0.05) is 48.5 Å². The molecule has 1 aliphatic heterocycles. The van der Waals surface area contributed by atoms with Crippen molar-refractivity contribution in [2.45, 2.75) is 19.3 Å². The molecular formula is C26H23N3O4. The molecule has 0 bridgehead atoms. The van der Waals surface area contributed by atoms with Crippen molar-refractivity contribution in [3.8, 4) is 0 Å². The van der Waals surface area contributed by atoms with Gasteiger partial charge in [0.2, 0.25) is 11.8 Å². The van der Waals surface area contributed by atoms with Crippen molar-refractivity contribution in [3.63, 3.8) is 0 Å². The summed E-state index contributed by atoms with van der Waals surface area (Å²) in [4.78, 5) is 41.2. The maximum atomic E-state index is 13.1. The van der Waals surface area contributed by atoms with Gasteiger partial charge in [-0.15, -0.1) is 0 Å². The number of anilines is 1. The van der Waals surface area contributed by atoms with E-state index in [1.165, 1.54) is 0 Å². The fraction of sp³-hybridized carbons (Fsp3) is 0.154. The lowest BCUT2D eigenvalue weighted by Crippen LogP contribution is -2.21. The van der Waals surface area contributed by atoms with Crippen LogP contribution >= 0.6 is 0 Å². The van der Waals surface area contributed by atoms with Crippen molar-refractivity contribution in [1.82, 2.24) is 0 Å². The molecule has 3 N–H and O–H groups in total. The van der Waals surface area contributed by atoms with E-state index < -0.39 is 17.8 Å². The van der Waals surface area contributed by atoms with Gasteiger partial charge < -0.3 is 15.8 Å². The third kappa shape index (κ3) is 4.82. The fourth-order valence-electron chi connectivity index (χ4n) is 3.81. The van der Waals surface area contributed by atoms with Crippen LogP contribution < -0.4 is 11.1 Å². The minimum absolute atomic E-state index is 0.150. The molecule has 7 nitrogen and oxygen atoms in total. The van der Waals surface area contributed by atoms with Crippen molar-refractivity contribution >= 4 is 34.9 Å². The third-order valence-electron chi connectivity index (χ3n) is 5.30. The lowest BCUT2D eigenvalue weighted by atomic mass is 9.90. The Bertz CT molecular complexity index is 1230. The highest BCUT2D eigenvalue weighted by atomic mass is 16.5. The molecular weight excluding hydrogens is 418 g/mol. The monoisotopic (exact) mass is 441 g/mol. The maximum Gasteiger partial charge on any atom is 0.338 e. The molecule has 7 heteroatoms. The second kappa shape index (κ2) is 9.48. The minimum atomic E-state index is -0.649. The number of hydrogen-bond acceptors (Lipinski definition) is 5. The summed E-state index contributed by atoms with van der Waals surface area (Å²) in [6.45, 7) is 2.01.